The predicted octanol–water partition coefficient (Wildman–Crippen LogP) is 3.64. The van der Waals surface area contributed by atoms with E-state index in [1.165, 1.54) is 17.4 Å². The number of benzene rings is 1. The first-order chi connectivity index (χ1) is 8.92. The van der Waals surface area contributed by atoms with Crippen LogP contribution in [0.2, 0.25) is 0 Å². The molecule has 0 saturated carbocycles. The summed E-state index contributed by atoms with van der Waals surface area (Å²) in [5.41, 5.74) is 2.28. The van der Waals surface area contributed by atoms with Gasteiger partial charge in [0, 0.05) is 17.1 Å². The Balaban J connectivity index is 2.01. The van der Waals surface area contributed by atoms with Gasteiger partial charge in [-0.25, -0.2) is 0 Å². The highest BCUT2D eigenvalue weighted by molar-refractivity contribution is 5.86. The number of hydrogen-bond acceptors (Lipinski definition) is 2. The molecule has 1 N–H and O–H groups in total. The summed E-state index contributed by atoms with van der Waals surface area (Å²) in [6.07, 6.45) is 8.48. The predicted molar refractivity (Wildman–Crippen MR) is 78.6 cm³/mol. The average molecular weight is 240 g/mol. The van der Waals surface area contributed by atoms with Gasteiger partial charge in [0.1, 0.15) is 0 Å². The van der Waals surface area contributed by atoms with Crippen molar-refractivity contribution >= 4 is 17.0 Å². The molecule has 0 spiro atoms. The SMILES string of the molecule is CCCNCC/C=C/c1cccc2cccnc12. The number of nitrogens with one attached hydrogen (secondary N) is 1. The summed E-state index contributed by atoms with van der Waals surface area (Å²) in [5.74, 6) is 0. The molecule has 2 rings (SSSR count). The minimum Gasteiger partial charge on any atom is -0.316 e. The summed E-state index contributed by atoms with van der Waals surface area (Å²) in [5, 5.41) is 4.59. The van der Waals surface area contributed by atoms with Gasteiger partial charge < -0.3 is 5.32 Å². The first-order valence-electron chi connectivity index (χ1n) is 6.63. The van der Waals surface area contributed by atoms with E-state index in [2.05, 4.69) is 53.6 Å². The Labute approximate surface area is 109 Å². The van der Waals surface area contributed by atoms with Gasteiger partial charge in [0.25, 0.3) is 0 Å². The maximum Gasteiger partial charge on any atom is 0.0774 e. The van der Waals surface area contributed by atoms with Crippen LogP contribution in [0.3, 0.4) is 0 Å². The molecule has 1 aromatic carbocycles. The molecule has 0 fully saturated rings. The molecule has 0 amide bonds. The number of aromatic nitrogens is 1. The number of fused-ring (bicyclic) bond motifs is 1. The van der Waals surface area contributed by atoms with E-state index in [9.17, 15) is 0 Å². The lowest BCUT2D eigenvalue weighted by Gasteiger charge is -2.01. The van der Waals surface area contributed by atoms with E-state index >= 15 is 0 Å². The fourth-order valence-corrected chi connectivity index (χ4v) is 1.96. The maximum absolute atomic E-state index is 4.44. The van der Waals surface area contributed by atoms with E-state index in [1.807, 2.05) is 12.3 Å². The second-order valence-corrected chi connectivity index (χ2v) is 4.36. The Morgan fingerprint density at radius 3 is 2.94 bits per heavy atom. The molecule has 0 aliphatic rings. The van der Waals surface area contributed by atoms with Gasteiger partial charge in [0.05, 0.1) is 5.52 Å². The molecular weight excluding hydrogens is 220 g/mol. The van der Waals surface area contributed by atoms with Crippen molar-refractivity contribution in [1.29, 1.82) is 0 Å². The van der Waals surface area contributed by atoms with Crippen molar-refractivity contribution in [2.24, 2.45) is 0 Å². The molecule has 0 atom stereocenters. The number of rotatable bonds is 6. The molecule has 0 aliphatic carbocycles. The van der Waals surface area contributed by atoms with Gasteiger partial charge in [0.2, 0.25) is 0 Å². The number of hydrogen-bond donors (Lipinski definition) is 1. The van der Waals surface area contributed by atoms with Gasteiger partial charge in [-0.3, -0.25) is 4.98 Å². The Kier molecular flexibility index (Phi) is 4.91. The zero-order valence-electron chi connectivity index (χ0n) is 10.9. The smallest absolute Gasteiger partial charge is 0.0774 e. The molecule has 0 aliphatic heterocycles. The molecule has 0 radical (unpaired) electrons. The minimum absolute atomic E-state index is 1.04. The lowest BCUT2D eigenvalue weighted by Crippen LogP contribution is -2.14. The second-order valence-electron chi connectivity index (χ2n) is 4.36. The Bertz CT molecular complexity index is 512. The van der Waals surface area contributed by atoms with Crippen LogP contribution in [0.5, 0.6) is 0 Å². The zero-order chi connectivity index (χ0) is 12.6. The van der Waals surface area contributed by atoms with Crippen molar-refractivity contribution in [3.63, 3.8) is 0 Å². The van der Waals surface area contributed by atoms with E-state index in [1.54, 1.807) is 0 Å². The van der Waals surface area contributed by atoms with E-state index in [-0.39, 0.29) is 0 Å². The summed E-state index contributed by atoms with van der Waals surface area (Å²) < 4.78 is 0. The highest BCUT2D eigenvalue weighted by Crippen LogP contribution is 2.17. The third-order valence-electron chi connectivity index (χ3n) is 2.88. The normalized spacial score (nSPS) is 11.4. The second kappa shape index (κ2) is 6.92. The molecule has 18 heavy (non-hydrogen) atoms. The van der Waals surface area contributed by atoms with Crippen molar-refractivity contribution in [1.82, 2.24) is 10.3 Å². The topological polar surface area (TPSA) is 24.9 Å². The molecule has 2 heteroatoms. The van der Waals surface area contributed by atoms with Crippen molar-refractivity contribution in [2.75, 3.05) is 13.1 Å². The maximum atomic E-state index is 4.44. The summed E-state index contributed by atoms with van der Waals surface area (Å²) >= 11 is 0. The molecule has 0 bridgehead atoms. The average Bonchev–Trinajstić information content (AvgIpc) is 2.43. The lowest BCUT2D eigenvalue weighted by atomic mass is 10.1. The number of pyridine rings is 1. The van der Waals surface area contributed by atoms with Gasteiger partial charge in [-0.2, -0.15) is 0 Å². The molecule has 1 aromatic heterocycles. The molecular formula is C16H20N2. The van der Waals surface area contributed by atoms with Gasteiger partial charge >= 0.3 is 0 Å². The van der Waals surface area contributed by atoms with Gasteiger partial charge in [-0.15, -0.1) is 0 Å². The number of para-hydroxylation sites is 1. The van der Waals surface area contributed by atoms with Crippen molar-refractivity contribution in [3.05, 3.63) is 48.2 Å². The van der Waals surface area contributed by atoms with Crippen LogP contribution < -0.4 is 5.32 Å². The third-order valence-corrected chi connectivity index (χ3v) is 2.88. The molecule has 0 unspecified atom stereocenters. The fourth-order valence-electron chi connectivity index (χ4n) is 1.96. The standard InChI is InChI=1S/C16H20N2/c1-2-11-17-12-4-3-7-14-8-5-9-15-10-6-13-18-16(14)15/h3,5-10,13,17H,2,4,11-12H2,1H3/b7-3+. The van der Waals surface area contributed by atoms with E-state index < -0.39 is 0 Å². The highest BCUT2D eigenvalue weighted by atomic mass is 14.8. The van der Waals surface area contributed by atoms with Crippen LogP contribution in [0, 0.1) is 0 Å². The van der Waals surface area contributed by atoms with Crippen molar-refractivity contribution < 1.29 is 0 Å². The first-order valence-corrected chi connectivity index (χ1v) is 6.63. The monoisotopic (exact) mass is 240 g/mol. The summed E-state index contributed by atoms with van der Waals surface area (Å²) in [6.45, 7) is 4.33. The molecule has 1 heterocycles. The zero-order valence-corrected chi connectivity index (χ0v) is 10.9. The van der Waals surface area contributed by atoms with Gasteiger partial charge in [-0.1, -0.05) is 43.3 Å². The molecule has 2 aromatic rings. The van der Waals surface area contributed by atoms with Crippen molar-refractivity contribution in [2.45, 2.75) is 19.8 Å². The molecule has 2 nitrogen and oxygen atoms in total. The summed E-state index contributed by atoms with van der Waals surface area (Å²) in [6, 6.07) is 10.4. The van der Waals surface area contributed by atoms with Crippen LogP contribution >= 0.6 is 0 Å². The van der Waals surface area contributed by atoms with Crippen molar-refractivity contribution in [3.8, 4) is 0 Å². The van der Waals surface area contributed by atoms with E-state index in [4.69, 9.17) is 0 Å². The van der Waals surface area contributed by atoms with E-state index in [0.29, 0.717) is 0 Å². The van der Waals surface area contributed by atoms with Crippen LogP contribution in [0.25, 0.3) is 17.0 Å². The quantitative estimate of drug-likeness (QED) is 0.780. The molecule has 94 valence electrons. The van der Waals surface area contributed by atoms with Crippen LogP contribution in [0.4, 0.5) is 0 Å². The summed E-state index contributed by atoms with van der Waals surface area (Å²) in [4.78, 5) is 4.44. The summed E-state index contributed by atoms with van der Waals surface area (Å²) in [7, 11) is 0. The number of nitrogens with zero attached hydrogens (tertiary/aromatic N) is 1. The first kappa shape index (κ1) is 12.8. The largest absolute Gasteiger partial charge is 0.316 e. The van der Waals surface area contributed by atoms with Crippen LogP contribution in [-0.4, -0.2) is 18.1 Å². The Morgan fingerprint density at radius 2 is 2.06 bits per heavy atom. The van der Waals surface area contributed by atoms with Gasteiger partial charge in [0.15, 0.2) is 0 Å². The third kappa shape index (κ3) is 3.41. The minimum atomic E-state index is 1.04. The Morgan fingerprint density at radius 1 is 1.17 bits per heavy atom. The van der Waals surface area contributed by atoms with Gasteiger partial charge in [-0.05, 0) is 32.0 Å². The lowest BCUT2D eigenvalue weighted by molar-refractivity contribution is 0.679. The highest BCUT2D eigenvalue weighted by Gasteiger charge is 1.97. The van der Waals surface area contributed by atoms with Crippen LogP contribution in [-0.2, 0) is 0 Å². The van der Waals surface area contributed by atoms with Crippen LogP contribution in [0.15, 0.2) is 42.6 Å². The Hall–Kier alpha value is -1.67. The van der Waals surface area contributed by atoms with E-state index in [0.717, 1.165) is 25.0 Å². The van der Waals surface area contributed by atoms with Crippen LogP contribution in [0.1, 0.15) is 25.3 Å². The molecule has 0 saturated heterocycles. The fraction of sp³-hybridized carbons (Fsp3) is 0.312.